The fourth-order valence-corrected chi connectivity index (χ4v) is 1.99. The summed E-state index contributed by atoms with van der Waals surface area (Å²) < 4.78 is 5.15. The van der Waals surface area contributed by atoms with Crippen LogP contribution in [0.4, 0.5) is 4.79 Å². The van der Waals surface area contributed by atoms with Gasteiger partial charge in [0.2, 0.25) is 0 Å². The number of hydrogen-bond acceptors (Lipinski definition) is 2. The van der Waals surface area contributed by atoms with Gasteiger partial charge in [-0.2, -0.15) is 0 Å². The Balaban J connectivity index is 1.97. The number of benzene rings is 1. The van der Waals surface area contributed by atoms with E-state index in [4.69, 9.17) is 16.3 Å². The molecule has 0 aliphatic carbocycles. The Labute approximate surface area is 106 Å². The molecule has 1 aromatic rings. The maximum absolute atomic E-state index is 11.3. The molecule has 0 bridgehead atoms. The number of nitrogens with zero attached hydrogens (tertiary/aromatic N) is 2. The average Bonchev–Trinajstić information content (AvgIpc) is 2.74. The predicted octanol–water partition coefficient (Wildman–Crippen LogP) is 1.93. The quantitative estimate of drug-likeness (QED) is 0.823. The normalized spacial score (nSPS) is 14.9. The van der Waals surface area contributed by atoms with Crippen LogP contribution in [0.2, 0.25) is 5.02 Å². The van der Waals surface area contributed by atoms with Gasteiger partial charge in [-0.15, -0.1) is 0 Å². The van der Waals surface area contributed by atoms with Crippen LogP contribution in [0, 0.1) is 0 Å². The summed E-state index contributed by atoms with van der Waals surface area (Å²) in [6.45, 7) is 2.03. The first-order valence-corrected chi connectivity index (χ1v) is 5.87. The van der Waals surface area contributed by atoms with Crippen LogP contribution in [0.1, 0.15) is 5.56 Å². The third kappa shape index (κ3) is 2.82. The van der Waals surface area contributed by atoms with Crippen molar-refractivity contribution in [2.75, 3.05) is 26.7 Å². The Bertz CT molecular complexity index is 423. The number of methoxy groups -OCH3 is 1. The van der Waals surface area contributed by atoms with Gasteiger partial charge in [-0.25, -0.2) is 10.1 Å². The fraction of sp³-hybridized carbons (Fsp3) is 0.417. The van der Waals surface area contributed by atoms with Crippen LogP contribution in [0.25, 0.3) is 0 Å². The highest BCUT2D eigenvalue weighted by molar-refractivity contribution is 6.32. The van der Waals surface area contributed by atoms with Crippen molar-refractivity contribution in [3.05, 3.63) is 28.8 Å². The minimum Gasteiger partial charge on any atom is -0.495 e. The summed E-state index contributed by atoms with van der Waals surface area (Å²) in [7, 11) is 1.59. The maximum Gasteiger partial charge on any atom is 0.339 e. The van der Waals surface area contributed by atoms with E-state index in [1.165, 1.54) is 0 Å². The topological polar surface area (TPSA) is 43.6 Å². The molecule has 0 N–H and O–H groups in total. The van der Waals surface area contributed by atoms with Gasteiger partial charge in [0.15, 0.2) is 0 Å². The number of halogens is 1. The molecule has 17 heavy (non-hydrogen) atoms. The van der Waals surface area contributed by atoms with E-state index in [2.05, 4.69) is 5.32 Å². The molecule has 1 heterocycles. The van der Waals surface area contributed by atoms with Crippen molar-refractivity contribution in [3.8, 4) is 5.75 Å². The van der Waals surface area contributed by atoms with E-state index in [-0.39, 0.29) is 6.03 Å². The first kappa shape index (κ1) is 12.0. The second-order valence-electron chi connectivity index (χ2n) is 3.87. The van der Waals surface area contributed by atoms with Crippen LogP contribution in [-0.2, 0) is 6.42 Å². The molecule has 0 unspecified atom stereocenters. The van der Waals surface area contributed by atoms with Crippen molar-refractivity contribution in [2.45, 2.75) is 6.42 Å². The molecule has 1 saturated heterocycles. The van der Waals surface area contributed by atoms with Crippen LogP contribution in [-0.4, -0.2) is 37.7 Å². The smallest absolute Gasteiger partial charge is 0.339 e. The largest absolute Gasteiger partial charge is 0.495 e. The van der Waals surface area contributed by atoms with E-state index in [1.807, 2.05) is 18.2 Å². The number of rotatable bonds is 4. The highest BCUT2D eigenvalue weighted by Crippen LogP contribution is 2.25. The Morgan fingerprint density at radius 2 is 2.35 bits per heavy atom. The number of hydrogen-bond donors (Lipinski definition) is 0. The number of ether oxygens (including phenoxy) is 1. The molecule has 1 radical (unpaired) electrons. The van der Waals surface area contributed by atoms with Crippen molar-refractivity contribution in [1.29, 1.82) is 0 Å². The number of amides is 2. The van der Waals surface area contributed by atoms with E-state index >= 15 is 0 Å². The molecule has 91 valence electrons. The Kier molecular flexibility index (Phi) is 3.74. The summed E-state index contributed by atoms with van der Waals surface area (Å²) in [5.74, 6) is 0.668. The first-order chi connectivity index (χ1) is 8.20. The summed E-state index contributed by atoms with van der Waals surface area (Å²) in [5.41, 5.74) is 1.10. The zero-order valence-corrected chi connectivity index (χ0v) is 10.4. The van der Waals surface area contributed by atoms with Gasteiger partial charge in [-0.1, -0.05) is 17.7 Å². The summed E-state index contributed by atoms with van der Waals surface area (Å²) in [4.78, 5) is 13.0. The maximum atomic E-state index is 11.3. The molecule has 1 aromatic carbocycles. The van der Waals surface area contributed by atoms with Crippen LogP contribution < -0.4 is 10.1 Å². The molecule has 0 atom stereocenters. The molecule has 4 nitrogen and oxygen atoms in total. The molecule has 5 heteroatoms. The van der Waals surface area contributed by atoms with E-state index in [1.54, 1.807) is 12.0 Å². The Morgan fingerprint density at radius 1 is 1.53 bits per heavy atom. The summed E-state index contributed by atoms with van der Waals surface area (Å²) in [6, 6.07) is 5.56. The molecule has 0 saturated carbocycles. The van der Waals surface area contributed by atoms with Crippen molar-refractivity contribution in [1.82, 2.24) is 10.2 Å². The Morgan fingerprint density at radius 3 is 3.00 bits per heavy atom. The fourth-order valence-electron chi connectivity index (χ4n) is 1.79. The highest BCUT2D eigenvalue weighted by Gasteiger charge is 2.20. The molecular formula is C12H14ClN2O2. The van der Waals surface area contributed by atoms with Gasteiger partial charge in [-0.3, -0.25) is 0 Å². The van der Waals surface area contributed by atoms with Crippen molar-refractivity contribution in [2.24, 2.45) is 0 Å². The zero-order chi connectivity index (χ0) is 12.3. The van der Waals surface area contributed by atoms with Gasteiger partial charge in [-0.05, 0) is 24.1 Å². The molecule has 1 aliphatic heterocycles. The minimum absolute atomic E-state index is 0.106. The molecule has 0 aromatic heterocycles. The van der Waals surface area contributed by atoms with Gasteiger partial charge in [0.1, 0.15) is 5.75 Å². The molecule has 0 spiro atoms. The van der Waals surface area contributed by atoms with E-state index in [0.29, 0.717) is 23.9 Å². The zero-order valence-electron chi connectivity index (χ0n) is 9.65. The lowest BCUT2D eigenvalue weighted by Gasteiger charge is -2.13. The first-order valence-electron chi connectivity index (χ1n) is 5.49. The minimum atomic E-state index is -0.106. The lowest BCUT2D eigenvalue weighted by atomic mass is 10.1. The van der Waals surface area contributed by atoms with Crippen molar-refractivity contribution in [3.63, 3.8) is 0 Å². The van der Waals surface area contributed by atoms with Crippen LogP contribution in [0.5, 0.6) is 5.75 Å². The van der Waals surface area contributed by atoms with Crippen LogP contribution >= 0.6 is 11.6 Å². The molecule has 1 fully saturated rings. The summed E-state index contributed by atoms with van der Waals surface area (Å²) in [6.07, 6.45) is 0.786. The van der Waals surface area contributed by atoms with E-state index < -0.39 is 0 Å². The summed E-state index contributed by atoms with van der Waals surface area (Å²) >= 11 is 5.94. The monoisotopic (exact) mass is 253 g/mol. The second-order valence-corrected chi connectivity index (χ2v) is 4.28. The highest BCUT2D eigenvalue weighted by atomic mass is 35.5. The van der Waals surface area contributed by atoms with E-state index in [0.717, 1.165) is 18.5 Å². The van der Waals surface area contributed by atoms with Gasteiger partial charge < -0.3 is 9.64 Å². The SMILES string of the molecule is COc1cc(CCN2CC[N]C2=O)ccc1Cl. The van der Waals surface area contributed by atoms with Gasteiger partial charge in [0.25, 0.3) is 0 Å². The van der Waals surface area contributed by atoms with Crippen LogP contribution in [0.3, 0.4) is 0 Å². The number of carbonyl (C=O) groups is 1. The summed E-state index contributed by atoms with van der Waals surface area (Å²) in [5, 5.41) is 4.42. The lowest BCUT2D eigenvalue weighted by molar-refractivity contribution is 0.217. The third-order valence-electron chi connectivity index (χ3n) is 2.77. The number of carbonyl (C=O) groups excluding carboxylic acids is 1. The van der Waals surface area contributed by atoms with Gasteiger partial charge in [0.05, 0.1) is 18.7 Å². The van der Waals surface area contributed by atoms with Crippen molar-refractivity contribution < 1.29 is 9.53 Å². The van der Waals surface area contributed by atoms with E-state index in [9.17, 15) is 4.79 Å². The van der Waals surface area contributed by atoms with Gasteiger partial charge >= 0.3 is 6.03 Å². The van der Waals surface area contributed by atoms with Crippen molar-refractivity contribution >= 4 is 17.6 Å². The standard InChI is InChI=1S/C12H14ClN2O2/c1-17-11-8-9(2-3-10(11)13)4-6-15-7-5-14-12(15)16/h2-3,8H,4-7H2,1H3. The lowest BCUT2D eigenvalue weighted by Crippen LogP contribution is -2.28. The third-order valence-corrected chi connectivity index (χ3v) is 3.09. The molecular weight excluding hydrogens is 240 g/mol. The van der Waals surface area contributed by atoms with Gasteiger partial charge in [0, 0.05) is 13.1 Å². The number of urea groups is 1. The average molecular weight is 254 g/mol. The molecule has 2 rings (SSSR count). The second kappa shape index (κ2) is 5.27. The Hall–Kier alpha value is -1.42. The van der Waals surface area contributed by atoms with Crippen LogP contribution in [0.15, 0.2) is 18.2 Å². The molecule has 2 amide bonds. The predicted molar refractivity (Wildman–Crippen MR) is 65.7 cm³/mol. The molecule has 1 aliphatic rings.